The fourth-order valence-electron chi connectivity index (χ4n) is 4.27. The van der Waals surface area contributed by atoms with Crippen molar-refractivity contribution < 1.29 is 28.5 Å². The van der Waals surface area contributed by atoms with Crippen molar-refractivity contribution in [1.82, 2.24) is 4.90 Å². The van der Waals surface area contributed by atoms with Crippen LogP contribution in [-0.2, 0) is 32.2 Å². The third kappa shape index (κ3) is 7.93. The van der Waals surface area contributed by atoms with Crippen LogP contribution in [0.25, 0.3) is 0 Å². The van der Waals surface area contributed by atoms with E-state index in [1.807, 2.05) is 56.3 Å². The Morgan fingerprint density at radius 2 is 1.78 bits per heavy atom. The molecule has 7 nitrogen and oxygen atoms in total. The number of carbonyl (C=O) groups excluding carboxylic acids is 1. The number of benzene rings is 2. The van der Waals surface area contributed by atoms with Crippen molar-refractivity contribution in [3.63, 3.8) is 0 Å². The van der Waals surface area contributed by atoms with E-state index in [0.717, 1.165) is 59.2 Å². The lowest BCUT2D eigenvalue weighted by atomic mass is 10.0. The van der Waals surface area contributed by atoms with Crippen molar-refractivity contribution in [3.05, 3.63) is 63.6 Å². The molecule has 196 valence electrons. The Labute approximate surface area is 222 Å². The van der Waals surface area contributed by atoms with Gasteiger partial charge in [0.2, 0.25) is 5.79 Å². The maximum atomic E-state index is 12.3. The van der Waals surface area contributed by atoms with Crippen LogP contribution in [-0.4, -0.2) is 49.7 Å². The smallest absolute Gasteiger partial charge is 0.410 e. The van der Waals surface area contributed by atoms with E-state index in [1.165, 1.54) is 0 Å². The average molecular weight is 563 g/mol. The van der Waals surface area contributed by atoms with Gasteiger partial charge in [0, 0.05) is 37.0 Å². The van der Waals surface area contributed by atoms with Crippen molar-refractivity contribution in [2.75, 3.05) is 32.9 Å². The molecular weight excluding hydrogens is 526 g/mol. The average Bonchev–Trinajstić information content (AvgIpc) is 3.23. The van der Waals surface area contributed by atoms with Gasteiger partial charge in [-0.3, -0.25) is 0 Å². The molecule has 0 N–H and O–H groups in total. The number of hydrogen-bond donors (Lipinski definition) is 0. The lowest BCUT2D eigenvalue weighted by molar-refractivity contribution is -0.180. The number of halogens is 1. The van der Waals surface area contributed by atoms with Gasteiger partial charge < -0.3 is 28.6 Å². The predicted octanol–water partition coefficient (Wildman–Crippen LogP) is 6.38. The number of amides is 1. The Kier molecular flexibility index (Phi) is 9.65. The molecule has 36 heavy (non-hydrogen) atoms. The number of carbonyl (C=O) groups is 1. The molecule has 1 amide bonds. The van der Waals surface area contributed by atoms with Gasteiger partial charge in [-0.25, -0.2) is 4.79 Å². The molecule has 1 atom stereocenters. The van der Waals surface area contributed by atoms with Crippen LogP contribution < -0.4 is 4.74 Å². The Bertz CT molecular complexity index is 996. The van der Waals surface area contributed by atoms with E-state index in [4.69, 9.17) is 23.7 Å². The number of unbranched alkanes of at least 4 members (excludes halogenated alkanes) is 3. The van der Waals surface area contributed by atoms with Gasteiger partial charge in [0.1, 0.15) is 11.9 Å². The second-order valence-electron chi connectivity index (χ2n) is 9.68. The van der Waals surface area contributed by atoms with E-state index in [1.54, 1.807) is 4.90 Å². The van der Waals surface area contributed by atoms with E-state index in [2.05, 4.69) is 15.9 Å². The van der Waals surface area contributed by atoms with Crippen LogP contribution in [0.5, 0.6) is 5.75 Å². The minimum atomic E-state index is -0.619. The van der Waals surface area contributed by atoms with Gasteiger partial charge >= 0.3 is 6.09 Å². The number of cyclic esters (lactones) is 1. The number of hydrogen-bond acceptors (Lipinski definition) is 6. The third-order valence-electron chi connectivity index (χ3n) is 6.30. The standard InChI is InChI=1S/C28H36BrNO6/c1-28(2)34-20-23-17-22(9-12-25(23)36-28)26-18-30(27(31)35-26)13-5-3-4-6-14-32-15-16-33-19-21-7-10-24(29)11-8-21/h7-12,17,26H,3-6,13-16,18-20H2,1-2H3/t26-/m0/s1. The van der Waals surface area contributed by atoms with Crippen molar-refractivity contribution in [2.45, 2.75) is 64.6 Å². The molecule has 0 unspecified atom stereocenters. The number of fused-ring (bicyclic) bond motifs is 1. The topological polar surface area (TPSA) is 66.5 Å². The number of rotatable bonds is 13. The van der Waals surface area contributed by atoms with E-state index >= 15 is 0 Å². The summed E-state index contributed by atoms with van der Waals surface area (Å²) < 4.78 is 29.6. The molecule has 4 rings (SSSR count). The van der Waals surface area contributed by atoms with Crippen LogP contribution in [0.15, 0.2) is 46.9 Å². The Morgan fingerprint density at radius 3 is 2.61 bits per heavy atom. The molecular formula is C28H36BrNO6. The van der Waals surface area contributed by atoms with Crippen LogP contribution in [0.2, 0.25) is 0 Å². The van der Waals surface area contributed by atoms with E-state index in [9.17, 15) is 4.79 Å². The molecule has 0 aromatic heterocycles. The molecule has 0 bridgehead atoms. The van der Waals surface area contributed by atoms with Gasteiger partial charge in [-0.2, -0.15) is 0 Å². The molecule has 1 saturated heterocycles. The monoisotopic (exact) mass is 561 g/mol. The highest BCUT2D eigenvalue weighted by molar-refractivity contribution is 9.10. The lowest BCUT2D eigenvalue weighted by Crippen LogP contribution is -2.35. The second-order valence-corrected chi connectivity index (χ2v) is 10.6. The summed E-state index contributed by atoms with van der Waals surface area (Å²) in [6.07, 6.45) is 3.61. The van der Waals surface area contributed by atoms with Gasteiger partial charge in [0.25, 0.3) is 0 Å². The highest BCUT2D eigenvalue weighted by atomic mass is 79.9. The van der Waals surface area contributed by atoms with Crippen LogP contribution in [0.4, 0.5) is 4.79 Å². The zero-order chi connectivity index (χ0) is 25.4. The van der Waals surface area contributed by atoms with Gasteiger partial charge in [-0.1, -0.05) is 47.0 Å². The van der Waals surface area contributed by atoms with Gasteiger partial charge in [0.05, 0.1) is 33.0 Å². The Hall–Kier alpha value is -2.13. The molecule has 1 fully saturated rings. The summed E-state index contributed by atoms with van der Waals surface area (Å²) in [6.45, 7) is 8.12. The van der Waals surface area contributed by atoms with E-state index in [-0.39, 0.29) is 12.2 Å². The number of ether oxygens (including phenoxy) is 5. The molecule has 0 aliphatic carbocycles. The highest BCUT2D eigenvalue weighted by Crippen LogP contribution is 2.35. The molecule has 2 aromatic carbocycles. The molecule has 0 radical (unpaired) electrons. The third-order valence-corrected chi connectivity index (χ3v) is 6.82. The normalized spacial score (nSPS) is 18.6. The minimum Gasteiger partial charge on any atom is -0.463 e. The first-order valence-electron chi connectivity index (χ1n) is 12.7. The maximum absolute atomic E-state index is 12.3. The molecule has 8 heteroatoms. The first-order chi connectivity index (χ1) is 17.4. The summed E-state index contributed by atoms with van der Waals surface area (Å²) >= 11 is 3.43. The summed E-state index contributed by atoms with van der Waals surface area (Å²) in [5.74, 6) is 0.209. The van der Waals surface area contributed by atoms with Gasteiger partial charge in [-0.05, 0) is 48.2 Å². The van der Waals surface area contributed by atoms with Crippen molar-refractivity contribution in [1.29, 1.82) is 0 Å². The van der Waals surface area contributed by atoms with Crippen LogP contribution >= 0.6 is 15.9 Å². The van der Waals surface area contributed by atoms with Crippen molar-refractivity contribution in [3.8, 4) is 5.75 Å². The zero-order valence-electron chi connectivity index (χ0n) is 21.2. The molecule has 0 saturated carbocycles. The Balaban J connectivity index is 1.04. The van der Waals surface area contributed by atoms with Crippen LogP contribution in [0.3, 0.4) is 0 Å². The summed E-state index contributed by atoms with van der Waals surface area (Å²) in [5.41, 5.74) is 3.12. The SMILES string of the molecule is CC1(C)OCc2cc([C@@H]3CN(CCCCCCOCCOCc4ccc(Br)cc4)C(=O)O3)ccc2O1. The first-order valence-corrected chi connectivity index (χ1v) is 13.5. The van der Waals surface area contributed by atoms with Crippen molar-refractivity contribution in [2.24, 2.45) is 0 Å². The first kappa shape index (κ1) is 26.9. The van der Waals surface area contributed by atoms with Crippen LogP contribution in [0, 0.1) is 0 Å². The van der Waals surface area contributed by atoms with Gasteiger partial charge in [-0.15, -0.1) is 0 Å². The maximum Gasteiger partial charge on any atom is 0.410 e. The Morgan fingerprint density at radius 1 is 1.00 bits per heavy atom. The largest absolute Gasteiger partial charge is 0.463 e. The fraction of sp³-hybridized carbons (Fsp3) is 0.536. The minimum absolute atomic E-state index is 0.238. The lowest BCUT2D eigenvalue weighted by Gasteiger charge is -2.32. The summed E-state index contributed by atoms with van der Waals surface area (Å²) in [5, 5.41) is 0. The van der Waals surface area contributed by atoms with E-state index in [0.29, 0.717) is 39.5 Å². The highest BCUT2D eigenvalue weighted by Gasteiger charge is 2.33. The van der Waals surface area contributed by atoms with Gasteiger partial charge in [0.15, 0.2) is 0 Å². The second kappa shape index (κ2) is 12.9. The molecule has 2 aliphatic rings. The quantitative estimate of drug-likeness (QED) is 0.264. The predicted molar refractivity (Wildman–Crippen MR) is 140 cm³/mol. The molecule has 2 heterocycles. The van der Waals surface area contributed by atoms with Crippen molar-refractivity contribution >= 4 is 22.0 Å². The summed E-state index contributed by atoms with van der Waals surface area (Å²) in [4.78, 5) is 14.2. The summed E-state index contributed by atoms with van der Waals surface area (Å²) in [7, 11) is 0. The molecule has 2 aliphatic heterocycles. The fourth-order valence-corrected chi connectivity index (χ4v) is 4.54. The molecule has 2 aromatic rings. The van der Waals surface area contributed by atoms with E-state index < -0.39 is 5.79 Å². The summed E-state index contributed by atoms with van der Waals surface area (Å²) in [6, 6.07) is 14.1. The van der Waals surface area contributed by atoms with Crippen LogP contribution in [0.1, 0.15) is 62.3 Å². The zero-order valence-corrected chi connectivity index (χ0v) is 22.8. The molecule has 0 spiro atoms. The number of nitrogens with zero attached hydrogens (tertiary/aromatic N) is 1.